The van der Waals surface area contributed by atoms with Gasteiger partial charge in [0, 0.05) is 36.8 Å². The second-order valence-electron chi connectivity index (χ2n) is 7.64. The molecule has 1 aliphatic rings. The Balaban J connectivity index is 1.37. The number of nitrogens with zero attached hydrogens (tertiary/aromatic N) is 2. The molecule has 0 radical (unpaired) electrons. The highest BCUT2D eigenvalue weighted by atomic mass is 32.2. The van der Waals surface area contributed by atoms with Crippen molar-refractivity contribution in [1.82, 2.24) is 4.90 Å². The Morgan fingerprint density at radius 3 is 2.43 bits per heavy atom. The van der Waals surface area contributed by atoms with E-state index in [0.29, 0.717) is 24.6 Å². The predicted octanol–water partition coefficient (Wildman–Crippen LogP) is 4.17. The SMILES string of the molecule is Cc1ccc(C)c(N2CCN(C(=O)c3ccc(C[S@@](=O)c4ccccc4)o3)CC2)c1. The van der Waals surface area contributed by atoms with Gasteiger partial charge < -0.3 is 14.2 Å². The molecular formula is C24H26N2O3S. The molecule has 6 heteroatoms. The van der Waals surface area contributed by atoms with Crippen LogP contribution < -0.4 is 4.90 Å². The van der Waals surface area contributed by atoms with Crippen molar-refractivity contribution in [3.05, 3.63) is 83.3 Å². The highest BCUT2D eigenvalue weighted by Crippen LogP contribution is 2.24. The normalized spacial score (nSPS) is 15.3. The zero-order valence-electron chi connectivity index (χ0n) is 17.3. The van der Waals surface area contributed by atoms with E-state index >= 15 is 0 Å². The molecule has 3 aromatic rings. The number of hydrogen-bond donors (Lipinski definition) is 0. The molecule has 30 heavy (non-hydrogen) atoms. The van der Waals surface area contributed by atoms with Crippen LogP contribution in [0.5, 0.6) is 0 Å². The lowest BCUT2D eigenvalue weighted by molar-refractivity contribution is 0.0713. The van der Waals surface area contributed by atoms with Gasteiger partial charge in [0.1, 0.15) is 5.76 Å². The van der Waals surface area contributed by atoms with Gasteiger partial charge in [-0.05, 0) is 55.3 Å². The lowest BCUT2D eigenvalue weighted by Crippen LogP contribution is -2.49. The van der Waals surface area contributed by atoms with Crippen LogP contribution in [-0.2, 0) is 16.6 Å². The standard InChI is InChI=1S/C24H26N2O3S/c1-18-8-9-19(2)22(16-18)25-12-14-26(15-13-25)24(27)23-11-10-20(29-23)17-30(28)21-6-4-3-5-7-21/h3-11,16H,12-15,17H2,1-2H3/t30-/m1/s1. The number of amides is 1. The van der Waals surface area contributed by atoms with Crippen LogP contribution in [0.3, 0.4) is 0 Å². The van der Waals surface area contributed by atoms with Crippen molar-refractivity contribution in [2.75, 3.05) is 31.1 Å². The molecule has 1 atom stereocenters. The Labute approximate surface area is 179 Å². The summed E-state index contributed by atoms with van der Waals surface area (Å²) in [6.07, 6.45) is 0. The molecule has 1 amide bonds. The van der Waals surface area contributed by atoms with Gasteiger partial charge in [-0.25, -0.2) is 0 Å². The van der Waals surface area contributed by atoms with Crippen LogP contribution in [-0.4, -0.2) is 41.2 Å². The number of carbonyl (C=O) groups is 1. The number of carbonyl (C=O) groups excluding carboxylic acids is 1. The maximum absolute atomic E-state index is 12.9. The number of hydrogen-bond acceptors (Lipinski definition) is 4. The number of rotatable bonds is 5. The minimum absolute atomic E-state index is 0.104. The van der Waals surface area contributed by atoms with Gasteiger partial charge in [-0.2, -0.15) is 0 Å². The van der Waals surface area contributed by atoms with Gasteiger partial charge >= 0.3 is 0 Å². The van der Waals surface area contributed by atoms with Crippen LogP contribution in [0.4, 0.5) is 5.69 Å². The van der Waals surface area contributed by atoms with E-state index in [0.717, 1.165) is 18.0 Å². The lowest BCUT2D eigenvalue weighted by Gasteiger charge is -2.36. The van der Waals surface area contributed by atoms with E-state index in [9.17, 15) is 9.00 Å². The number of furan rings is 1. The third-order valence-corrected chi connectivity index (χ3v) is 6.77. The van der Waals surface area contributed by atoms with E-state index in [2.05, 4.69) is 36.9 Å². The topological polar surface area (TPSA) is 53.8 Å². The quantitative estimate of drug-likeness (QED) is 0.619. The van der Waals surface area contributed by atoms with E-state index in [1.165, 1.54) is 16.8 Å². The summed E-state index contributed by atoms with van der Waals surface area (Å²) in [4.78, 5) is 17.8. The average molecular weight is 423 g/mol. The third-order valence-electron chi connectivity index (χ3n) is 5.42. The van der Waals surface area contributed by atoms with Crippen molar-refractivity contribution in [2.24, 2.45) is 0 Å². The molecule has 1 saturated heterocycles. The Bertz CT molecular complexity index is 1050. The van der Waals surface area contributed by atoms with Crippen LogP contribution in [0.25, 0.3) is 0 Å². The second kappa shape index (κ2) is 8.88. The number of aryl methyl sites for hydroxylation is 2. The first-order chi connectivity index (χ1) is 14.5. The van der Waals surface area contributed by atoms with E-state index < -0.39 is 10.8 Å². The summed E-state index contributed by atoms with van der Waals surface area (Å²) >= 11 is 0. The molecule has 1 aromatic heterocycles. The fourth-order valence-corrected chi connectivity index (χ4v) is 4.76. The van der Waals surface area contributed by atoms with E-state index in [-0.39, 0.29) is 11.7 Å². The summed E-state index contributed by atoms with van der Waals surface area (Å²) < 4.78 is 18.2. The summed E-state index contributed by atoms with van der Waals surface area (Å²) in [6, 6.07) is 19.2. The minimum Gasteiger partial charge on any atom is -0.455 e. The highest BCUT2D eigenvalue weighted by molar-refractivity contribution is 7.84. The molecule has 0 spiro atoms. The maximum atomic E-state index is 12.9. The van der Waals surface area contributed by atoms with Crippen LogP contribution in [0.15, 0.2) is 70.0 Å². The highest BCUT2D eigenvalue weighted by Gasteiger charge is 2.25. The molecular weight excluding hydrogens is 396 g/mol. The number of benzene rings is 2. The van der Waals surface area contributed by atoms with Gasteiger partial charge in [-0.1, -0.05) is 30.3 Å². The summed E-state index contributed by atoms with van der Waals surface area (Å²) in [6.45, 7) is 7.11. The second-order valence-corrected chi connectivity index (χ2v) is 9.09. The minimum atomic E-state index is -1.19. The monoisotopic (exact) mass is 422 g/mol. The fraction of sp³-hybridized carbons (Fsp3) is 0.292. The van der Waals surface area contributed by atoms with Crippen molar-refractivity contribution in [3.8, 4) is 0 Å². The first-order valence-corrected chi connectivity index (χ1v) is 11.5. The first kappa shape index (κ1) is 20.4. The Hall–Kier alpha value is -2.86. The summed E-state index contributed by atoms with van der Waals surface area (Å²) in [5.74, 6) is 1.04. The van der Waals surface area contributed by atoms with Crippen LogP contribution in [0.2, 0.25) is 0 Å². The van der Waals surface area contributed by atoms with Crippen LogP contribution in [0.1, 0.15) is 27.4 Å². The van der Waals surface area contributed by atoms with Crippen LogP contribution >= 0.6 is 0 Å². The molecule has 0 aliphatic carbocycles. The average Bonchev–Trinajstić information content (AvgIpc) is 3.24. The molecule has 5 nitrogen and oxygen atoms in total. The Kier molecular flexibility index (Phi) is 6.04. The Morgan fingerprint density at radius 2 is 1.70 bits per heavy atom. The molecule has 0 unspecified atom stereocenters. The molecule has 156 valence electrons. The molecule has 1 fully saturated rings. The van der Waals surface area contributed by atoms with E-state index in [1.54, 1.807) is 12.1 Å². The van der Waals surface area contributed by atoms with Crippen molar-refractivity contribution >= 4 is 22.4 Å². The van der Waals surface area contributed by atoms with Gasteiger partial charge in [0.25, 0.3) is 5.91 Å². The summed E-state index contributed by atoms with van der Waals surface area (Å²) in [5.41, 5.74) is 3.73. The molecule has 4 rings (SSSR count). The van der Waals surface area contributed by atoms with Crippen molar-refractivity contribution < 1.29 is 13.4 Å². The largest absolute Gasteiger partial charge is 0.455 e. The van der Waals surface area contributed by atoms with Gasteiger partial charge in [-0.15, -0.1) is 0 Å². The summed E-state index contributed by atoms with van der Waals surface area (Å²) in [5, 5.41) is 0. The zero-order valence-corrected chi connectivity index (χ0v) is 18.2. The van der Waals surface area contributed by atoms with Crippen molar-refractivity contribution in [1.29, 1.82) is 0 Å². The van der Waals surface area contributed by atoms with Gasteiger partial charge in [0.2, 0.25) is 0 Å². The molecule has 0 saturated carbocycles. The van der Waals surface area contributed by atoms with Crippen molar-refractivity contribution in [2.45, 2.75) is 24.5 Å². The van der Waals surface area contributed by atoms with Gasteiger partial charge in [0.05, 0.1) is 16.6 Å². The zero-order chi connectivity index (χ0) is 21.1. The molecule has 0 bridgehead atoms. The Morgan fingerprint density at radius 1 is 0.967 bits per heavy atom. The third kappa shape index (κ3) is 4.49. The van der Waals surface area contributed by atoms with Crippen molar-refractivity contribution in [3.63, 3.8) is 0 Å². The maximum Gasteiger partial charge on any atom is 0.289 e. The fourth-order valence-electron chi connectivity index (χ4n) is 3.72. The van der Waals surface area contributed by atoms with E-state index in [1.807, 2.05) is 35.2 Å². The molecule has 0 N–H and O–H groups in total. The van der Waals surface area contributed by atoms with Crippen LogP contribution in [0, 0.1) is 13.8 Å². The predicted molar refractivity (Wildman–Crippen MR) is 119 cm³/mol. The molecule has 2 aromatic carbocycles. The lowest BCUT2D eigenvalue weighted by atomic mass is 10.1. The van der Waals surface area contributed by atoms with Gasteiger partial charge in [0.15, 0.2) is 5.76 Å². The van der Waals surface area contributed by atoms with E-state index in [4.69, 9.17) is 4.42 Å². The smallest absolute Gasteiger partial charge is 0.289 e. The first-order valence-electron chi connectivity index (χ1n) is 10.1. The molecule has 2 heterocycles. The molecule has 1 aliphatic heterocycles. The number of anilines is 1. The summed E-state index contributed by atoms with van der Waals surface area (Å²) in [7, 11) is -1.19. The number of piperazine rings is 1. The van der Waals surface area contributed by atoms with Gasteiger partial charge in [-0.3, -0.25) is 9.00 Å².